The number of amides is 1. The molecule has 4 N–H and O–H groups in total. The van der Waals surface area contributed by atoms with E-state index in [0.29, 0.717) is 5.57 Å². The zero-order valence-electron chi connectivity index (χ0n) is 32.3. The molecule has 0 spiro atoms. The van der Waals surface area contributed by atoms with Crippen molar-refractivity contribution in [2.45, 2.75) is 101 Å². The molecule has 6 rings (SSSR count). The molecule has 4 aliphatic rings. The van der Waals surface area contributed by atoms with Gasteiger partial charge in [-0.05, 0) is 42.7 Å². The Morgan fingerprint density at radius 2 is 1.57 bits per heavy atom. The minimum Gasteiger partial charge on any atom is -0.465 e. The van der Waals surface area contributed by atoms with Crippen molar-refractivity contribution >= 4 is 29.8 Å². The first-order chi connectivity index (χ1) is 26.4. The van der Waals surface area contributed by atoms with Gasteiger partial charge in [-0.1, -0.05) is 62.4 Å². The Hall–Kier alpha value is -4.67. The number of Topliss-reactive ketones (excluding diaryl/α,β-unsaturated/α-hetero) is 1. The first kappa shape index (κ1) is 41.0. The van der Waals surface area contributed by atoms with Gasteiger partial charge in [0.05, 0.1) is 35.6 Å². The molecule has 2 aromatic carbocycles. The summed E-state index contributed by atoms with van der Waals surface area (Å²) in [4.78, 5) is 68.3. The molecule has 302 valence electrons. The zero-order valence-corrected chi connectivity index (χ0v) is 32.3. The van der Waals surface area contributed by atoms with Crippen LogP contribution in [-0.2, 0) is 42.8 Å². The van der Waals surface area contributed by atoms with Crippen LogP contribution in [0.4, 0.5) is 4.79 Å². The second-order valence-corrected chi connectivity index (χ2v) is 15.8. The molecular weight excluding hydrogens is 730 g/mol. The summed E-state index contributed by atoms with van der Waals surface area (Å²) in [7, 11) is 2.75. The third kappa shape index (κ3) is 6.39. The number of hydrogen-bond donors (Lipinski definition) is 4. The Morgan fingerprint density at radius 3 is 2.11 bits per heavy atom. The fourth-order valence-electron chi connectivity index (χ4n) is 9.77. The molecule has 0 aromatic heterocycles. The maximum absolute atomic E-state index is 15.4. The summed E-state index contributed by atoms with van der Waals surface area (Å²) in [6.45, 7) is 7.58. The summed E-state index contributed by atoms with van der Waals surface area (Å²) in [5.74, 6) is -4.63. The van der Waals surface area contributed by atoms with Gasteiger partial charge in [-0.2, -0.15) is 0 Å². The number of esters is 3. The number of fused-ring (bicyclic) bond motifs is 5. The molecule has 2 aromatic rings. The van der Waals surface area contributed by atoms with E-state index in [0.717, 1.165) is 0 Å². The van der Waals surface area contributed by atoms with E-state index in [1.807, 2.05) is 0 Å². The maximum atomic E-state index is 15.4. The van der Waals surface area contributed by atoms with Crippen LogP contribution < -0.4 is 5.32 Å². The predicted octanol–water partition coefficient (Wildman–Crippen LogP) is 3.31. The quantitative estimate of drug-likeness (QED) is 0.155. The standard InChI is InChI=1S/C41H49NO14/c1-21-25(54-36(47)30(44)29(42-37(48)49)23-14-10-8-11-15-23)19-41(50)34(55-35(46)24-16-12-9-13-17-24)32-39(5,33(45)31(52-7)28(21)38(41,3)4)26(51-6)18-27-40(32,20-53-27)56-22(2)43/h8-17,25-27,29-32,34,42,44,50H,18-20H2,1-7H3,(H,48,49)/t25-,26-,27+,29-,30+,31+,32-,34-,39+,40-,41+/m0/s1. The highest BCUT2D eigenvalue weighted by molar-refractivity contribution is 5.94. The minimum absolute atomic E-state index is 0.114. The van der Waals surface area contributed by atoms with Gasteiger partial charge in [-0.25, -0.2) is 14.4 Å². The van der Waals surface area contributed by atoms with E-state index in [4.69, 9.17) is 28.4 Å². The van der Waals surface area contributed by atoms with Crippen LogP contribution in [0.15, 0.2) is 71.8 Å². The molecule has 2 bridgehead atoms. The lowest BCUT2D eigenvalue weighted by molar-refractivity contribution is -0.347. The topological polar surface area (TPSA) is 213 Å². The largest absolute Gasteiger partial charge is 0.465 e. The molecule has 11 atom stereocenters. The number of methoxy groups -OCH3 is 2. The lowest BCUT2D eigenvalue weighted by atomic mass is 9.44. The molecule has 1 saturated heterocycles. The molecule has 15 nitrogen and oxygen atoms in total. The SMILES string of the molecule is CO[C@H]1C(=O)[C@]2(C)[C@@H](OC)C[C@H]3OC[C@@]3(OC(C)=O)[C@H]2[C@H](OC(=O)c2ccccc2)[C@]2(O)C[C@H](OC(=O)[C@H](O)[C@@H](NC(=O)O)c3ccccc3)C(C)=C1C2(C)C. The Labute approximate surface area is 324 Å². The molecular formula is C41H49NO14. The van der Waals surface area contributed by atoms with E-state index in [2.05, 4.69) is 5.32 Å². The Kier molecular flexibility index (Phi) is 11.0. The van der Waals surface area contributed by atoms with Crippen molar-refractivity contribution in [3.05, 3.63) is 82.9 Å². The Bertz CT molecular complexity index is 1900. The molecule has 56 heavy (non-hydrogen) atoms. The van der Waals surface area contributed by atoms with E-state index in [-0.39, 0.29) is 29.7 Å². The Balaban J connectivity index is 1.56. The van der Waals surface area contributed by atoms with Crippen LogP contribution in [0.5, 0.6) is 0 Å². The number of carboxylic acid groups (broad SMARTS) is 1. The summed E-state index contributed by atoms with van der Waals surface area (Å²) in [6.07, 6.45) is -10.1. The molecule has 1 aliphatic heterocycles. The molecule has 0 radical (unpaired) electrons. The molecule has 3 fully saturated rings. The number of rotatable bonds is 10. The third-order valence-electron chi connectivity index (χ3n) is 12.6. The molecule has 0 unspecified atom stereocenters. The van der Waals surface area contributed by atoms with Crippen molar-refractivity contribution < 1.29 is 67.7 Å². The second kappa shape index (κ2) is 15.0. The van der Waals surface area contributed by atoms with Crippen LogP contribution in [-0.4, -0.2) is 114 Å². The van der Waals surface area contributed by atoms with Gasteiger partial charge in [0, 0.05) is 39.4 Å². The van der Waals surface area contributed by atoms with Gasteiger partial charge < -0.3 is 49.1 Å². The van der Waals surface area contributed by atoms with Gasteiger partial charge in [0.15, 0.2) is 17.5 Å². The van der Waals surface area contributed by atoms with Crippen LogP contribution in [0, 0.1) is 16.7 Å². The number of aliphatic hydroxyl groups excluding tert-OH is 1. The highest BCUT2D eigenvalue weighted by Crippen LogP contribution is 2.64. The fraction of sp³-hybridized carbons (Fsp3) is 0.537. The highest BCUT2D eigenvalue weighted by atomic mass is 16.6. The second-order valence-electron chi connectivity index (χ2n) is 15.8. The molecule has 1 heterocycles. The van der Waals surface area contributed by atoms with E-state index in [1.165, 1.54) is 45.4 Å². The first-order valence-electron chi connectivity index (χ1n) is 18.4. The average molecular weight is 780 g/mol. The van der Waals surface area contributed by atoms with Crippen LogP contribution in [0.2, 0.25) is 0 Å². The monoisotopic (exact) mass is 779 g/mol. The van der Waals surface area contributed by atoms with Crippen molar-refractivity contribution in [3.63, 3.8) is 0 Å². The van der Waals surface area contributed by atoms with Crippen molar-refractivity contribution in [1.82, 2.24) is 5.32 Å². The number of carbonyl (C=O) groups is 5. The van der Waals surface area contributed by atoms with Crippen LogP contribution >= 0.6 is 0 Å². The zero-order chi connectivity index (χ0) is 41.0. The molecule has 3 aliphatic carbocycles. The van der Waals surface area contributed by atoms with Crippen molar-refractivity contribution in [2.24, 2.45) is 16.7 Å². The number of nitrogens with one attached hydrogen (secondary N) is 1. The van der Waals surface area contributed by atoms with E-state index >= 15 is 4.79 Å². The van der Waals surface area contributed by atoms with Gasteiger partial charge in [-0.3, -0.25) is 9.59 Å². The lowest BCUT2D eigenvalue weighted by Crippen LogP contribution is -2.82. The number of ketones is 1. The smallest absolute Gasteiger partial charge is 0.405 e. The average Bonchev–Trinajstić information content (AvgIpc) is 3.15. The van der Waals surface area contributed by atoms with Gasteiger partial charge in [-0.15, -0.1) is 0 Å². The summed E-state index contributed by atoms with van der Waals surface area (Å²) in [6, 6.07) is 14.5. The predicted molar refractivity (Wildman–Crippen MR) is 195 cm³/mol. The molecule has 15 heteroatoms. The van der Waals surface area contributed by atoms with Crippen LogP contribution in [0.1, 0.15) is 69.4 Å². The summed E-state index contributed by atoms with van der Waals surface area (Å²) >= 11 is 0. The van der Waals surface area contributed by atoms with Gasteiger partial charge >= 0.3 is 24.0 Å². The lowest BCUT2D eigenvalue weighted by Gasteiger charge is -2.67. The van der Waals surface area contributed by atoms with E-state index in [1.54, 1.807) is 64.1 Å². The molecule has 2 saturated carbocycles. The summed E-state index contributed by atoms with van der Waals surface area (Å²) < 4.78 is 36.6. The highest BCUT2D eigenvalue weighted by Gasteiger charge is 2.78. The van der Waals surface area contributed by atoms with Gasteiger partial charge in [0.25, 0.3) is 0 Å². The van der Waals surface area contributed by atoms with E-state index in [9.17, 15) is 34.5 Å². The normalized spacial score (nSPS) is 34.2. The summed E-state index contributed by atoms with van der Waals surface area (Å²) in [5, 5.41) is 36.7. The van der Waals surface area contributed by atoms with Crippen molar-refractivity contribution in [1.29, 1.82) is 0 Å². The molecule has 1 amide bonds. The fourth-order valence-corrected chi connectivity index (χ4v) is 9.77. The first-order valence-corrected chi connectivity index (χ1v) is 18.4. The van der Waals surface area contributed by atoms with Crippen LogP contribution in [0.25, 0.3) is 0 Å². The summed E-state index contributed by atoms with van der Waals surface area (Å²) in [5.41, 5.74) is -6.00. The van der Waals surface area contributed by atoms with Crippen molar-refractivity contribution in [3.8, 4) is 0 Å². The van der Waals surface area contributed by atoms with Gasteiger partial charge in [0.2, 0.25) is 0 Å². The van der Waals surface area contributed by atoms with E-state index < -0.39 is 107 Å². The van der Waals surface area contributed by atoms with Gasteiger partial charge in [0.1, 0.15) is 30.0 Å². The number of benzene rings is 2. The van der Waals surface area contributed by atoms with Crippen molar-refractivity contribution in [2.75, 3.05) is 20.8 Å². The minimum atomic E-state index is -2.23. The number of ether oxygens (including phenoxy) is 6. The third-order valence-corrected chi connectivity index (χ3v) is 12.6. The number of carbonyl (C=O) groups excluding carboxylic acids is 4. The van der Waals surface area contributed by atoms with Crippen LogP contribution in [0.3, 0.4) is 0 Å². The number of hydrogen-bond acceptors (Lipinski definition) is 13. The maximum Gasteiger partial charge on any atom is 0.405 e. The number of aliphatic hydroxyl groups is 2. The Morgan fingerprint density at radius 1 is 0.946 bits per heavy atom.